The molecule has 0 saturated heterocycles. The minimum absolute atomic E-state index is 0.000251. The summed E-state index contributed by atoms with van der Waals surface area (Å²) in [5.74, 6) is -1.39. The number of carbonyl (C=O) groups is 1. The number of hydrogen-bond acceptors (Lipinski definition) is 8. The maximum absolute atomic E-state index is 13.2. The minimum Gasteiger partial charge on any atom is -0.508 e. The lowest BCUT2D eigenvalue weighted by Gasteiger charge is -2.33. The van der Waals surface area contributed by atoms with Crippen molar-refractivity contribution in [2.45, 2.75) is 57.8 Å². The Kier molecular flexibility index (Phi) is 7.14. The van der Waals surface area contributed by atoms with Gasteiger partial charge in [0, 0.05) is 23.3 Å². The molecule has 0 spiro atoms. The summed E-state index contributed by atoms with van der Waals surface area (Å²) in [5, 5.41) is 51.7. The maximum atomic E-state index is 13.2. The van der Waals surface area contributed by atoms with E-state index in [0.717, 1.165) is 11.6 Å². The molecular formula is C26H32O8. The first kappa shape index (κ1) is 25.4. The number of Topliss-reactive ketones (excluding diaryl/α,β-unsaturated/α-hetero) is 1. The molecule has 3 atom stereocenters. The first-order valence-corrected chi connectivity index (χ1v) is 11.1. The van der Waals surface area contributed by atoms with Crippen molar-refractivity contribution in [2.24, 2.45) is 5.92 Å². The SMILES string of the molecule is C=C(C)[C@H](CCC(C)(C)O)Cc1c(O)cc(OC)c2c1O[C@H](c1ccc(O)cc1O)[C@H](O)C2=O. The van der Waals surface area contributed by atoms with Gasteiger partial charge in [0.2, 0.25) is 5.78 Å². The quantitative estimate of drug-likeness (QED) is 0.366. The Hall–Kier alpha value is -3.23. The molecule has 0 aliphatic carbocycles. The Morgan fingerprint density at radius 3 is 2.44 bits per heavy atom. The highest BCUT2D eigenvalue weighted by Gasteiger charge is 2.42. The van der Waals surface area contributed by atoms with Gasteiger partial charge in [-0.3, -0.25) is 4.79 Å². The van der Waals surface area contributed by atoms with Crippen molar-refractivity contribution in [2.75, 3.05) is 7.11 Å². The summed E-state index contributed by atoms with van der Waals surface area (Å²) in [6, 6.07) is 5.06. The van der Waals surface area contributed by atoms with Gasteiger partial charge in [-0.05, 0) is 58.1 Å². The zero-order valence-corrected chi connectivity index (χ0v) is 19.8. The van der Waals surface area contributed by atoms with Crippen molar-refractivity contribution in [3.8, 4) is 28.7 Å². The molecule has 8 nitrogen and oxygen atoms in total. The van der Waals surface area contributed by atoms with E-state index in [0.29, 0.717) is 18.4 Å². The summed E-state index contributed by atoms with van der Waals surface area (Å²) in [6.07, 6.45) is -1.59. The second-order valence-electron chi connectivity index (χ2n) is 9.47. The van der Waals surface area contributed by atoms with E-state index < -0.39 is 23.6 Å². The third-order valence-electron chi connectivity index (χ3n) is 6.16. The van der Waals surface area contributed by atoms with Crippen molar-refractivity contribution in [3.05, 3.63) is 53.1 Å². The highest BCUT2D eigenvalue weighted by atomic mass is 16.5. The number of ketones is 1. The summed E-state index contributed by atoms with van der Waals surface area (Å²) in [5.41, 5.74) is 0.398. The lowest BCUT2D eigenvalue weighted by molar-refractivity contribution is 0.0197. The number of phenols is 3. The molecule has 8 heteroatoms. The average molecular weight is 473 g/mol. The van der Waals surface area contributed by atoms with Gasteiger partial charge in [-0.1, -0.05) is 12.2 Å². The summed E-state index contributed by atoms with van der Waals surface area (Å²) in [4.78, 5) is 13.2. The van der Waals surface area contributed by atoms with Crippen LogP contribution in [0.3, 0.4) is 0 Å². The van der Waals surface area contributed by atoms with Gasteiger partial charge in [0.15, 0.2) is 12.2 Å². The number of benzene rings is 2. The van der Waals surface area contributed by atoms with Crippen LogP contribution in [0, 0.1) is 5.92 Å². The lowest BCUT2D eigenvalue weighted by atomic mass is 9.83. The Bertz CT molecular complexity index is 1100. The number of ether oxygens (including phenoxy) is 2. The molecule has 2 aromatic rings. The van der Waals surface area contributed by atoms with Gasteiger partial charge < -0.3 is 35.0 Å². The van der Waals surface area contributed by atoms with E-state index in [1.165, 1.54) is 25.3 Å². The van der Waals surface area contributed by atoms with Crippen LogP contribution in [-0.4, -0.2) is 50.1 Å². The molecule has 0 fully saturated rings. The van der Waals surface area contributed by atoms with Gasteiger partial charge in [-0.15, -0.1) is 0 Å². The average Bonchev–Trinajstić information content (AvgIpc) is 2.73. The van der Waals surface area contributed by atoms with Crippen LogP contribution < -0.4 is 9.47 Å². The number of fused-ring (bicyclic) bond motifs is 1. The van der Waals surface area contributed by atoms with E-state index in [9.17, 15) is 30.3 Å². The number of phenolic OH excluding ortho intramolecular Hbond substituents is 3. The molecule has 1 aliphatic heterocycles. The maximum Gasteiger partial charge on any atom is 0.202 e. The predicted octanol–water partition coefficient (Wildman–Crippen LogP) is 3.78. The number of hydrogen-bond donors (Lipinski definition) is 5. The van der Waals surface area contributed by atoms with Crippen LogP contribution >= 0.6 is 0 Å². The van der Waals surface area contributed by atoms with Gasteiger partial charge in [0.25, 0.3) is 0 Å². The number of aliphatic hydroxyl groups is 2. The van der Waals surface area contributed by atoms with Crippen molar-refractivity contribution >= 4 is 5.78 Å². The topological polar surface area (TPSA) is 137 Å². The Labute approximate surface area is 198 Å². The normalized spacial score (nSPS) is 18.7. The fraction of sp³-hybridized carbons (Fsp3) is 0.423. The molecule has 1 heterocycles. The molecule has 34 heavy (non-hydrogen) atoms. The molecule has 5 N–H and O–H groups in total. The molecule has 0 radical (unpaired) electrons. The predicted molar refractivity (Wildman–Crippen MR) is 126 cm³/mol. The van der Waals surface area contributed by atoms with Crippen LogP contribution in [0.1, 0.15) is 61.2 Å². The van der Waals surface area contributed by atoms with Crippen molar-refractivity contribution in [3.63, 3.8) is 0 Å². The van der Waals surface area contributed by atoms with Crippen LogP contribution in [0.15, 0.2) is 36.4 Å². The zero-order valence-electron chi connectivity index (χ0n) is 19.8. The van der Waals surface area contributed by atoms with E-state index >= 15 is 0 Å². The molecule has 3 rings (SSSR count). The van der Waals surface area contributed by atoms with Crippen LogP contribution in [0.4, 0.5) is 0 Å². The highest BCUT2D eigenvalue weighted by Crippen LogP contribution is 2.48. The van der Waals surface area contributed by atoms with Crippen molar-refractivity contribution < 1.29 is 39.8 Å². The molecule has 2 aromatic carbocycles. The molecule has 0 unspecified atom stereocenters. The third kappa shape index (κ3) is 5.13. The van der Waals surface area contributed by atoms with Crippen molar-refractivity contribution in [1.29, 1.82) is 0 Å². The first-order chi connectivity index (χ1) is 15.8. The fourth-order valence-electron chi connectivity index (χ4n) is 4.16. The summed E-state index contributed by atoms with van der Waals surface area (Å²) < 4.78 is 11.4. The van der Waals surface area contributed by atoms with Crippen LogP contribution in [0.25, 0.3) is 0 Å². The molecule has 1 aliphatic rings. The molecule has 0 bridgehead atoms. The molecule has 0 aromatic heterocycles. The summed E-state index contributed by atoms with van der Waals surface area (Å²) >= 11 is 0. The largest absolute Gasteiger partial charge is 0.508 e. The number of aromatic hydroxyl groups is 3. The number of aliphatic hydroxyl groups excluding tert-OH is 1. The van der Waals surface area contributed by atoms with E-state index in [2.05, 4.69) is 6.58 Å². The molecule has 0 amide bonds. The minimum atomic E-state index is -1.65. The monoisotopic (exact) mass is 472 g/mol. The fourth-order valence-corrected chi connectivity index (χ4v) is 4.16. The van der Waals surface area contributed by atoms with Gasteiger partial charge in [0.1, 0.15) is 34.3 Å². The van der Waals surface area contributed by atoms with E-state index in [4.69, 9.17) is 9.47 Å². The second kappa shape index (κ2) is 9.56. The zero-order chi connectivity index (χ0) is 25.4. The second-order valence-corrected chi connectivity index (χ2v) is 9.47. The van der Waals surface area contributed by atoms with Crippen LogP contribution in [0.2, 0.25) is 0 Å². The number of allylic oxidation sites excluding steroid dienone is 1. The van der Waals surface area contributed by atoms with Crippen molar-refractivity contribution in [1.82, 2.24) is 0 Å². The first-order valence-electron chi connectivity index (χ1n) is 11.1. The van der Waals surface area contributed by atoms with Crippen LogP contribution in [-0.2, 0) is 6.42 Å². The lowest BCUT2D eigenvalue weighted by Crippen LogP contribution is -2.37. The summed E-state index contributed by atoms with van der Waals surface area (Å²) in [6.45, 7) is 9.33. The standard InChI is InChI=1S/C26H32O8/c1-13(2)14(8-9-26(3,4)32)10-17-19(29)12-20(33-5)21-22(30)23(31)25(34-24(17)21)16-7-6-15(27)11-18(16)28/h6-7,11-12,14,23,25,27-29,31-32H,1,8-10H2,2-5H3/t14-,23-,25-/m1/s1. The highest BCUT2D eigenvalue weighted by molar-refractivity contribution is 6.06. The van der Waals surface area contributed by atoms with E-state index in [-0.39, 0.29) is 52.2 Å². The van der Waals surface area contributed by atoms with Gasteiger partial charge >= 0.3 is 0 Å². The van der Waals surface area contributed by atoms with E-state index in [1.807, 2.05) is 6.92 Å². The third-order valence-corrected chi connectivity index (χ3v) is 6.16. The summed E-state index contributed by atoms with van der Waals surface area (Å²) in [7, 11) is 1.34. The Morgan fingerprint density at radius 2 is 1.88 bits per heavy atom. The van der Waals surface area contributed by atoms with Gasteiger partial charge in [0.05, 0.1) is 12.7 Å². The molecule has 0 saturated carbocycles. The number of carbonyl (C=O) groups excluding carboxylic acids is 1. The van der Waals surface area contributed by atoms with Gasteiger partial charge in [-0.2, -0.15) is 0 Å². The Morgan fingerprint density at radius 1 is 1.21 bits per heavy atom. The molecule has 184 valence electrons. The number of methoxy groups -OCH3 is 1. The Balaban J connectivity index is 2.10. The van der Waals surface area contributed by atoms with Gasteiger partial charge in [-0.25, -0.2) is 0 Å². The van der Waals surface area contributed by atoms with Crippen LogP contribution in [0.5, 0.6) is 28.7 Å². The van der Waals surface area contributed by atoms with E-state index in [1.54, 1.807) is 13.8 Å². The molecular weight excluding hydrogens is 440 g/mol. The smallest absolute Gasteiger partial charge is 0.202 e. The number of rotatable bonds is 8.